The number of nitrogens with one attached hydrogen (secondary N) is 6. The van der Waals surface area contributed by atoms with Gasteiger partial charge in [-0.2, -0.15) is 0 Å². The topological polar surface area (TPSA) is 489 Å². The van der Waals surface area contributed by atoms with Crippen molar-refractivity contribution in [2.45, 2.75) is 153 Å². The first-order valence-corrected chi connectivity index (χ1v) is 25.3. The van der Waals surface area contributed by atoms with Crippen LogP contribution in [0.2, 0.25) is 0 Å². The molecule has 0 aromatic heterocycles. The van der Waals surface area contributed by atoms with Gasteiger partial charge in [-0.15, -0.1) is 0 Å². The second kappa shape index (κ2) is 33.2. The van der Waals surface area contributed by atoms with E-state index in [1.165, 1.54) is 4.90 Å². The molecule has 8 atom stereocenters. The Hall–Kier alpha value is -7.78. The fraction of sp³-hybridized carbons (Fsp3) is 0.625. The molecule has 22 N–H and O–H groups in total. The normalized spacial score (nSPS) is 15.8. The van der Waals surface area contributed by atoms with Crippen LogP contribution < -0.4 is 72.0 Å². The van der Waals surface area contributed by atoms with E-state index in [0.29, 0.717) is 18.4 Å². The minimum absolute atomic E-state index is 0.00852. The molecule has 0 spiro atoms. The molecule has 28 nitrogen and oxygen atoms in total. The maximum Gasteiger partial charge on any atom is 0.326 e. The molecule has 424 valence electrons. The molecule has 76 heavy (non-hydrogen) atoms. The standard InChI is InChI=1S/C48H81N17O11/c1-26(2)24-33(42(72)64-37(27(3)4)45(75)76)62-40(70)32(18-19-36(66)67)60-38(68)30(15-9-21-57-47(52)53)59-41(71)34(25-28-12-6-5-7-13-28)63-39(69)31(16-10-22-58-48(54)55)61-43(73)35-17-11-23-65(35)44(74)29(49)14-8-20-56-46(50)51/h5-7,12-13,26-27,29-35,37H,8-11,14-25,49H2,1-4H3,(H,59,71)(H,60,68)(H,61,73)(H,62,70)(H,63,69)(H,64,72)(H,66,67)(H,75,76)(H4,50,51,56)(H4,52,53,57)(H4,54,55,58)/t29-,30-,31-,32-,33-,34-,35-,37-/m0/s1. The zero-order valence-electron chi connectivity index (χ0n) is 43.9. The maximum atomic E-state index is 14.6. The lowest BCUT2D eigenvalue weighted by Gasteiger charge is -2.29. The van der Waals surface area contributed by atoms with Gasteiger partial charge in [-0.25, -0.2) is 4.79 Å². The second-order valence-corrected chi connectivity index (χ2v) is 19.3. The molecule has 7 amide bonds. The van der Waals surface area contributed by atoms with Crippen LogP contribution in [0.15, 0.2) is 45.3 Å². The zero-order valence-corrected chi connectivity index (χ0v) is 43.9. The summed E-state index contributed by atoms with van der Waals surface area (Å²) in [6, 6.07) is -1.83. The molecule has 0 saturated carbocycles. The number of benzene rings is 1. The minimum atomic E-state index is -1.59. The Morgan fingerprint density at radius 1 is 0.605 bits per heavy atom. The smallest absolute Gasteiger partial charge is 0.326 e. The summed E-state index contributed by atoms with van der Waals surface area (Å²) in [7, 11) is 0. The number of carbonyl (C=O) groups is 9. The number of hydrogen-bond donors (Lipinski definition) is 15. The molecule has 0 aliphatic carbocycles. The number of aliphatic imine (C=N–C) groups is 3. The number of aliphatic carboxylic acids is 2. The number of nitrogens with zero attached hydrogens (tertiary/aromatic N) is 4. The van der Waals surface area contributed by atoms with Crippen molar-refractivity contribution in [2.24, 2.45) is 66.9 Å². The number of carboxylic acids is 2. The molecule has 28 heteroatoms. The molecule has 1 aliphatic heterocycles. The van der Waals surface area contributed by atoms with E-state index in [-0.39, 0.29) is 101 Å². The number of nitrogens with two attached hydrogens (primary N) is 7. The fourth-order valence-corrected chi connectivity index (χ4v) is 8.13. The number of hydrogen-bond acceptors (Lipinski definition) is 13. The highest BCUT2D eigenvalue weighted by Crippen LogP contribution is 2.20. The third kappa shape index (κ3) is 24.1. The summed E-state index contributed by atoms with van der Waals surface area (Å²) >= 11 is 0. The highest BCUT2D eigenvalue weighted by atomic mass is 16.4. The third-order valence-corrected chi connectivity index (χ3v) is 12.0. The summed E-state index contributed by atoms with van der Waals surface area (Å²) in [5, 5.41) is 34.9. The first kappa shape index (κ1) is 64.3. The van der Waals surface area contributed by atoms with Gasteiger partial charge in [-0.3, -0.25) is 53.3 Å². The molecule has 0 bridgehead atoms. The van der Waals surface area contributed by atoms with E-state index < -0.39 is 120 Å². The highest BCUT2D eigenvalue weighted by molar-refractivity contribution is 5.98. The molecule has 0 unspecified atom stereocenters. The first-order valence-electron chi connectivity index (χ1n) is 25.3. The van der Waals surface area contributed by atoms with E-state index in [2.05, 4.69) is 46.9 Å². The summed E-state index contributed by atoms with van der Waals surface area (Å²) < 4.78 is 0. The van der Waals surface area contributed by atoms with Gasteiger partial charge in [-0.1, -0.05) is 58.0 Å². The molecule has 0 radical (unpaired) electrons. The van der Waals surface area contributed by atoms with Crippen molar-refractivity contribution in [2.75, 3.05) is 26.2 Å². The highest BCUT2D eigenvalue weighted by Gasteiger charge is 2.39. The summed E-state index contributed by atoms with van der Waals surface area (Å²) in [5.74, 6) is -9.48. The van der Waals surface area contributed by atoms with Gasteiger partial charge >= 0.3 is 11.9 Å². The van der Waals surface area contributed by atoms with Crippen LogP contribution in [0.3, 0.4) is 0 Å². The van der Waals surface area contributed by atoms with Crippen LogP contribution in [0.4, 0.5) is 0 Å². The first-order chi connectivity index (χ1) is 35.8. The summed E-state index contributed by atoms with van der Waals surface area (Å²) in [5.41, 5.74) is 39.7. The number of amides is 7. The third-order valence-electron chi connectivity index (χ3n) is 12.0. The van der Waals surface area contributed by atoms with Crippen LogP contribution >= 0.6 is 0 Å². The van der Waals surface area contributed by atoms with Gasteiger partial charge in [0.1, 0.15) is 42.3 Å². The van der Waals surface area contributed by atoms with E-state index in [4.69, 9.17) is 40.1 Å². The number of carboxylic acid groups (broad SMARTS) is 2. The molecule has 1 fully saturated rings. The molecule has 2 rings (SSSR count). The largest absolute Gasteiger partial charge is 0.481 e. The predicted molar refractivity (Wildman–Crippen MR) is 283 cm³/mol. The average Bonchev–Trinajstić information content (AvgIpc) is 3.84. The molecular weight excluding hydrogens is 991 g/mol. The van der Waals surface area contributed by atoms with Gasteiger partial charge in [0.2, 0.25) is 41.4 Å². The number of carbonyl (C=O) groups excluding carboxylic acids is 7. The van der Waals surface area contributed by atoms with Crippen molar-refractivity contribution < 1.29 is 53.4 Å². The van der Waals surface area contributed by atoms with E-state index in [9.17, 15) is 53.4 Å². The molecule has 1 aromatic rings. The number of guanidine groups is 3. The molecule has 1 aromatic carbocycles. The molecule has 1 saturated heterocycles. The van der Waals surface area contributed by atoms with Crippen molar-refractivity contribution in [3.05, 3.63) is 35.9 Å². The summed E-state index contributed by atoms with van der Waals surface area (Å²) in [6.45, 7) is 7.22. The van der Waals surface area contributed by atoms with Gasteiger partial charge in [0.15, 0.2) is 17.9 Å². The maximum absolute atomic E-state index is 14.6. The van der Waals surface area contributed by atoms with Crippen LogP contribution in [-0.4, -0.2) is 161 Å². The average molecular weight is 1070 g/mol. The van der Waals surface area contributed by atoms with Crippen LogP contribution in [-0.2, 0) is 49.6 Å². The van der Waals surface area contributed by atoms with E-state index in [1.54, 1.807) is 58.0 Å². The molecular formula is C48H81N17O11. The Morgan fingerprint density at radius 3 is 1.53 bits per heavy atom. The molecule has 1 aliphatic rings. The Balaban J connectivity index is 2.53. The minimum Gasteiger partial charge on any atom is -0.481 e. The lowest BCUT2D eigenvalue weighted by atomic mass is 9.99. The van der Waals surface area contributed by atoms with Crippen LogP contribution in [0.5, 0.6) is 0 Å². The van der Waals surface area contributed by atoms with E-state index >= 15 is 0 Å². The van der Waals surface area contributed by atoms with Crippen molar-refractivity contribution in [1.29, 1.82) is 0 Å². The van der Waals surface area contributed by atoms with Crippen LogP contribution in [0.25, 0.3) is 0 Å². The monoisotopic (exact) mass is 1070 g/mol. The zero-order chi connectivity index (χ0) is 57.1. The lowest BCUT2D eigenvalue weighted by molar-refractivity contribution is -0.143. The summed E-state index contributed by atoms with van der Waals surface area (Å²) in [4.78, 5) is 135. The van der Waals surface area contributed by atoms with Crippen LogP contribution in [0.1, 0.15) is 104 Å². The Bertz CT molecular complexity index is 2200. The quantitative estimate of drug-likeness (QED) is 0.0179. The van der Waals surface area contributed by atoms with Crippen molar-refractivity contribution in [3.8, 4) is 0 Å². The predicted octanol–water partition coefficient (Wildman–Crippen LogP) is -3.73. The Morgan fingerprint density at radius 2 is 1.05 bits per heavy atom. The lowest BCUT2D eigenvalue weighted by Crippen LogP contribution is -2.60. The van der Waals surface area contributed by atoms with Crippen LogP contribution in [0, 0.1) is 11.8 Å². The number of rotatable bonds is 34. The van der Waals surface area contributed by atoms with E-state index in [0.717, 1.165) is 0 Å². The van der Waals surface area contributed by atoms with Crippen molar-refractivity contribution in [1.82, 2.24) is 36.8 Å². The van der Waals surface area contributed by atoms with Gasteiger partial charge in [0.25, 0.3) is 0 Å². The second-order valence-electron chi connectivity index (χ2n) is 19.3. The van der Waals surface area contributed by atoms with Gasteiger partial charge in [-0.05, 0) is 81.6 Å². The fourth-order valence-electron chi connectivity index (χ4n) is 8.13. The van der Waals surface area contributed by atoms with Gasteiger partial charge < -0.3 is 87.1 Å². The van der Waals surface area contributed by atoms with Gasteiger partial charge in [0.05, 0.1) is 6.04 Å². The number of likely N-dealkylation sites (tertiary alicyclic amines) is 1. The molecule has 1 heterocycles. The van der Waals surface area contributed by atoms with Gasteiger partial charge in [0, 0.05) is 39.0 Å². The van der Waals surface area contributed by atoms with Crippen molar-refractivity contribution in [3.63, 3.8) is 0 Å². The summed E-state index contributed by atoms with van der Waals surface area (Å²) in [6.07, 6.45) is 0.267. The van der Waals surface area contributed by atoms with E-state index in [1.807, 2.05) is 0 Å². The Labute approximate surface area is 442 Å². The Kier molecular flexibility index (Phi) is 28.1. The SMILES string of the molecule is CC(C)C[C@H](NC(=O)[C@H](CCC(=O)O)NC(=O)[C@H](CCCN=C(N)N)NC(=O)[C@H](Cc1ccccc1)NC(=O)[C@H](CCCN=C(N)N)NC(=O)[C@@H]1CCCN1C(=O)[C@@H](N)CCCN=C(N)N)C(=O)N[C@H](C(=O)O)C(C)C. The van der Waals surface area contributed by atoms with Crippen molar-refractivity contribution >= 4 is 71.2 Å².